The van der Waals surface area contributed by atoms with Crippen LogP contribution >= 0.6 is 12.4 Å². The second-order valence-corrected chi connectivity index (χ2v) is 4.68. The van der Waals surface area contributed by atoms with E-state index in [0.717, 1.165) is 11.1 Å². The molecule has 0 saturated heterocycles. The van der Waals surface area contributed by atoms with Gasteiger partial charge in [0.25, 0.3) is 5.91 Å². The summed E-state index contributed by atoms with van der Waals surface area (Å²) in [5, 5.41) is 2.98. The van der Waals surface area contributed by atoms with Crippen LogP contribution in [0, 0.1) is 6.92 Å². The Labute approximate surface area is 125 Å². The van der Waals surface area contributed by atoms with Gasteiger partial charge in [-0.05, 0) is 43.2 Å². The Kier molecular flexibility index (Phi) is 5.59. The van der Waals surface area contributed by atoms with Gasteiger partial charge >= 0.3 is 0 Å². The Bertz CT molecular complexity index is 584. The third-order valence-electron chi connectivity index (χ3n) is 3.18. The zero-order valence-corrected chi connectivity index (χ0v) is 12.4. The number of nitrogens with one attached hydrogen (secondary N) is 1. The molecule has 0 heterocycles. The number of nitrogens with two attached hydrogens (primary N) is 1. The normalized spacial score (nSPS) is 11.3. The van der Waals surface area contributed by atoms with Crippen LogP contribution < -0.4 is 11.1 Å². The zero-order chi connectivity index (χ0) is 13.8. The summed E-state index contributed by atoms with van der Waals surface area (Å²) in [4.78, 5) is 12.1. The monoisotopic (exact) mass is 290 g/mol. The molecule has 0 aliphatic carbocycles. The molecule has 1 atom stereocenters. The van der Waals surface area contributed by atoms with Crippen molar-refractivity contribution >= 4 is 24.0 Å². The molecule has 0 spiro atoms. The maximum Gasteiger partial charge on any atom is 0.251 e. The number of hydrogen-bond donors (Lipinski definition) is 2. The van der Waals surface area contributed by atoms with Crippen LogP contribution in [0.2, 0.25) is 0 Å². The number of amides is 1. The standard InChI is InChI=1S/C16H18N2O.ClH/c1-11-10-14(8-9-15(11)17)16(19)18-12(2)13-6-4-3-5-7-13;/h3-10,12H,17H2,1-2H3,(H,18,19);1H/t12-;/m1./s1. The molecule has 0 bridgehead atoms. The smallest absolute Gasteiger partial charge is 0.251 e. The van der Waals surface area contributed by atoms with Crippen molar-refractivity contribution in [3.8, 4) is 0 Å². The van der Waals surface area contributed by atoms with E-state index in [-0.39, 0.29) is 24.4 Å². The first-order valence-corrected chi connectivity index (χ1v) is 6.30. The van der Waals surface area contributed by atoms with Crippen molar-refractivity contribution in [3.63, 3.8) is 0 Å². The lowest BCUT2D eigenvalue weighted by Gasteiger charge is -2.14. The molecule has 0 fully saturated rings. The maximum absolute atomic E-state index is 12.1. The minimum Gasteiger partial charge on any atom is -0.399 e. The molecular weight excluding hydrogens is 272 g/mol. The van der Waals surface area contributed by atoms with Gasteiger partial charge in [0.15, 0.2) is 0 Å². The fraction of sp³-hybridized carbons (Fsp3) is 0.188. The number of anilines is 1. The predicted octanol–water partition coefficient (Wildman–Crippen LogP) is 3.49. The van der Waals surface area contributed by atoms with E-state index in [4.69, 9.17) is 5.73 Å². The van der Waals surface area contributed by atoms with Crippen LogP contribution in [0.25, 0.3) is 0 Å². The summed E-state index contributed by atoms with van der Waals surface area (Å²) < 4.78 is 0. The van der Waals surface area contributed by atoms with Crippen LogP contribution in [-0.2, 0) is 0 Å². The Morgan fingerprint density at radius 2 is 1.80 bits per heavy atom. The Morgan fingerprint density at radius 1 is 1.15 bits per heavy atom. The Hall–Kier alpha value is -2.00. The largest absolute Gasteiger partial charge is 0.399 e. The van der Waals surface area contributed by atoms with Crippen LogP contribution in [0.1, 0.15) is 34.5 Å². The molecule has 3 nitrogen and oxygen atoms in total. The molecular formula is C16H19ClN2O. The number of halogens is 1. The molecule has 20 heavy (non-hydrogen) atoms. The molecule has 106 valence electrons. The highest BCUT2D eigenvalue weighted by molar-refractivity contribution is 5.95. The van der Waals surface area contributed by atoms with E-state index in [1.165, 1.54) is 0 Å². The average molecular weight is 291 g/mol. The van der Waals surface area contributed by atoms with Gasteiger partial charge in [-0.25, -0.2) is 0 Å². The fourth-order valence-electron chi connectivity index (χ4n) is 1.92. The molecule has 0 aliphatic heterocycles. The van der Waals surface area contributed by atoms with Crippen molar-refractivity contribution in [1.29, 1.82) is 0 Å². The van der Waals surface area contributed by atoms with E-state index in [1.54, 1.807) is 12.1 Å². The molecule has 2 aromatic carbocycles. The second-order valence-electron chi connectivity index (χ2n) is 4.68. The van der Waals surface area contributed by atoms with Gasteiger partial charge in [0.1, 0.15) is 0 Å². The fourth-order valence-corrected chi connectivity index (χ4v) is 1.92. The van der Waals surface area contributed by atoms with Crippen molar-refractivity contribution in [2.24, 2.45) is 0 Å². The topological polar surface area (TPSA) is 55.1 Å². The molecule has 0 aliphatic rings. The molecule has 0 radical (unpaired) electrons. The molecule has 3 N–H and O–H groups in total. The lowest BCUT2D eigenvalue weighted by molar-refractivity contribution is 0.0940. The van der Waals surface area contributed by atoms with E-state index in [0.29, 0.717) is 11.3 Å². The molecule has 0 aromatic heterocycles. The van der Waals surface area contributed by atoms with Crippen molar-refractivity contribution in [3.05, 3.63) is 65.2 Å². The highest BCUT2D eigenvalue weighted by atomic mass is 35.5. The van der Waals surface area contributed by atoms with Crippen molar-refractivity contribution < 1.29 is 4.79 Å². The van der Waals surface area contributed by atoms with Crippen molar-refractivity contribution in [1.82, 2.24) is 5.32 Å². The van der Waals surface area contributed by atoms with E-state index in [1.807, 2.05) is 50.2 Å². The molecule has 0 unspecified atom stereocenters. The van der Waals surface area contributed by atoms with Gasteiger partial charge in [0, 0.05) is 11.3 Å². The summed E-state index contributed by atoms with van der Waals surface area (Å²) in [5.41, 5.74) is 9.09. The number of rotatable bonds is 3. The summed E-state index contributed by atoms with van der Waals surface area (Å²) in [6, 6.07) is 15.2. The number of hydrogen-bond acceptors (Lipinski definition) is 2. The zero-order valence-electron chi connectivity index (χ0n) is 11.6. The van der Waals surface area contributed by atoms with E-state index in [2.05, 4.69) is 5.32 Å². The summed E-state index contributed by atoms with van der Waals surface area (Å²) in [7, 11) is 0. The molecule has 2 rings (SSSR count). The number of carbonyl (C=O) groups excluding carboxylic acids is 1. The lowest BCUT2D eigenvalue weighted by atomic mass is 10.1. The molecule has 2 aromatic rings. The second kappa shape index (κ2) is 6.96. The molecule has 0 saturated carbocycles. The van der Waals surface area contributed by atoms with Crippen LogP contribution in [0.3, 0.4) is 0 Å². The first-order valence-electron chi connectivity index (χ1n) is 6.30. The van der Waals surface area contributed by atoms with Crippen LogP contribution in [0.5, 0.6) is 0 Å². The molecule has 1 amide bonds. The maximum atomic E-state index is 12.1. The number of benzene rings is 2. The predicted molar refractivity (Wildman–Crippen MR) is 85.2 cm³/mol. The number of carbonyl (C=O) groups is 1. The van der Waals surface area contributed by atoms with Gasteiger partial charge in [-0.1, -0.05) is 30.3 Å². The SMILES string of the molecule is Cc1cc(C(=O)N[C@H](C)c2ccccc2)ccc1N.Cl. The summed E-state index contributed by atoms with van der Waals surface area (Å²) >= 11 is 0. The number of nitrogen functional groups attached to an aromatic ring is 1. The first kappa shape index (κ1) is 16.1. The van der Waals surface area contributed by atoms with Gasteiger partial charge in [-0.2, -0.15) is 0 Å². The highest BCUT2D eigenvalue weighted by Gasteiger charge is 2.11. The van der Waals surface area contributed by atoms with Gasteiger partial charge < -0.3 is 11.1 Å². The first-order chi connectivity index (χ1) is 9.08. The lowest BCUT2D eigenvalue weighted by Crippen LogP contribution is -2.26. The summed E-state index contributed by atoms with van der Waals surface area (Å²) in [6.07, 6.45) is 0. The Morgan fingerprint density at radius 3 is 2.40 bits per heavy atom. The third-order valence-corrected chi connectivity index (χ3v) is 3.18. The minimum absolute atomic E-state index is 0. The third kappa shape index (κ3) is 3.75. The minimum atomic E-state index is -0.0838. The van der Waals surface area contributed by atoms with Crippen LogP contribution in [-0.4, -0.2) is 5.91 Å². The van der Waals surface area contributed by atoms with Gasteiger partial charge in [-0.3, -0.25) is 4.79 Å². The van der Waals surface area contributed by atoms with Gasteiger partial charge in [0.2, 0.25) is 0 Å². The summed E-state index contributed by atoms with van der Waals surface area (Å²) in [6.45, 7) is 3.87. The van der Waals surface area contributed by atoms with Crippen LogP contribution in [0.4, 0.5) is 5.69 Å². The van der Waals surface area contributed by atoms with Gasteiger partial charge in [-0.15, -0.1) is 12.4 Å². The molecule has 4 heteroatoms. The van der Waals surface area contributed by atoms with Crippen molar-refractivity contribution in [2.45, 2.75) is 19.9 Å². The van der Waals surface area contributed by atoms with E-state index >= 15 is 0 Å². The Balaban J connectivity index is 0.00000200. The van der Waals surface area contributed by atoms with Crippen LogP contribution in [0.15, 0.2) is 48.5 Å². The van der Waals surface area contributed by atoms with E-state index in [9.17, 15) is 4.79 Å². The van der Waals surface area contributed by atoms with Crippen molar-refractivity contribution in [2.75, 3.05) is 5.73 Å². The quantitative estimate of drug-likeness (QED) is 0.850. The number of aryl methyl sites for hydroxylation is 1. The highest BCUT2D eigenvalue weighted by Crippen LogP contribution is 2.15. The van der Waals surface area contributed by atoms with Gasteiger partial charge in [0.05, 0.1) is 6.04 Å². The van der Waals surface area contributed by atoms with E-state index < -0.39 is 0 Å². The summed E-state index contributed by atoms with van der Waals surface area (Å²) in [5.74, 6) is -0.0838. The average Bonchev–Trinajstić information content (AvgIpc) is 2.42.